The zero-order valence-electron chi connectivity index (χ0n) is 11.2. The molecule has 1 N–H and O–H groups in total. The van der Waals surface area contributed by atoms with Crippen LogP contribution in [0.1, 0.15) is 19.3 Å². The molecular weight excluding hydrogens is 216 g/mol. The highest BCUT2D eigenvalue weighted by molar-refractivity contribution is 4.84. The second-order valence-electron chi connectivity index (χ2n) is 5.48. The zero-order chi connectivity index (χ0) is 12.1. The number of ether oxygens (including phenoxy) is 2. The Bertz CT molecular complexity index is 219. The van der Waals surface area contributed by atoms with E-state index in [1.54, 1.807) is 7.11 Å². The van der Waals surface area contributed by atoms with Crippen molar-refractivity contribution in [3.05, 3.63) is 0 Å². The van der Waals surface area contributed by atoms with Crippen molar-refractivity contribution in [1.29, 1.82) is 0 Å². The van der Waals surface area contributed by atoms with Gasteiger partial charge in [-0.3, -0.25) is 0 Å². The fourth-order valence-electron chi connectivity index (χ4n) is 2.92. The predicted octanol–water partition coefficient (Wildman–Crippen LogP) is 0.722. The molecule has 4 nitrogen and oxygen atoms in total. The van der Waals surface area contributed by atoms with Gasteiger partial charge in [-0.15, -0.1) is 0 Å². The third-order valence-electron chi connectivity index (χ3n) is 3.96. The second kappa shape index (κ2) is 6.69. The Morgan fingerprint density at radius 3 is 2.71 bits per heavy atom. The summed E-state index contributed by atoms with van der Waals surface area (Å²) in [6.45, 7) is 5.25. The third-order valence-corrected chi connectivity index (χ3v) is 3.96. The molecule has 0 bridgehead atoms. The van der Waals surface area contributed by atoms with Crippen molar-refractivity contribution < 1.29 is 9.47 Å². The smallest absolute Gasteiger partial charge is 0.0711 e. The van der Waals surface area contributed by atoms with Crippen LogP contribution in [-0.2, 0) is 9.47 Å². The van der Waals surface area contributed by atoms with E-state index in [0.717, 1.165) is 38.6 Å². The van der Waals surface area contributed by atoms with E-state index in [0.29, 0.717) is 12.1 Å². The molecule has 0 aromatic heterocycles. The van der Waals surface area contributed by atoms with Crippen LogP contribution in [0.3, 0.4) is 0 Å². The van der Waals surface area contributed by atoms with E-state index in [2.05, 4.69) is 17.3 Å². The lowest BCUT2D eigenvalue weighted by Gasteiger charge is -2.28. The summed E-state index contributed by atoms with van der Waals surface area (Å²) in [6, 6.07) is 0.602. The van der Waals surface area contributed by atoms with E-state index in [4.69, 9.17) is 9.47 Å². The normalized spacial score (nSPS) is 31.2. The largest absolute Gasteiger partial charge is 0.381 e. The van der Waals surface area contributed by atoms with Gasteiger partial charge in [0.25, 0.3) is 0 Å². The van der Waals surface area contributed by atoms with Crippen LogP contribution in [0.4, 0.5) is 0 Å². The standard InChI is InChI=1S/C13H26N2O2/c1-15(9-11-3-5-17-6-4-11)10-12-7-13(16-2)8-14-12/h11-14H,3-10H2,1-2H3. The topological polar surface area (TPSA) is 33.7 Å². The van der Waals surface area contributed by atoms with Crippen molar-refractivity contribution in [3.8, 4) is 0 Å². The van der Waals surface area contributed by atoms with Gasteiger partial charge in [0.2, 0.25) is 0 Å². The van der Waals surface area contributed by atoms with E-state index in [9.17, 15) is 0 Å². The zero-order valence-corrected chi connectivity index (χ0v) is 11.2. The summed E-state index contributed by atoms with van der Waals surface area (Å²) < 4.78 is 10.8. The molecule has 2 rings (SSSR count). The summed E-state index contributed by atoms with van der Waals surface area (Å²) in [5, 5.41) is 3.53. The van der Waals surface area contributed by atoms with Gasteiger partial charge in [-0.2, -0.15) is 0 Å². The molecule has 2 atom stereocenters. The van der Waals surface area contributed by atoms with E-state index in [-0.39, 0.29) is 0 Å². The molecular formula is C13H26N2O2. The lowest BCUT2D eigenvalue weighted by Crippen LogP contribution is -2.38. The highest BCUT2D eigenvalue weighted by atomic mass is 16.5. The summed E-state index contributed by atoms with van der Waals surface area (Å²) >= 11 is 0. The van der Waals surface area contributed by atoms with Gasteiger partial charge in [0.1, 0.15) is 0 Å². The lowest BCUT2D eigenvalue weighted by atomic mass is 9.99. The van der Waals surface area contributed by atoms with Crippen LogP contribution in [-0.4, -0.2) is 64.1 Å². The van der Waals surface area contributed by atoms with Gasteiger partial charge in [0.15, 0.2) is 0 Å². The molecule has 0 saturated carbocycles. The second-order valence-corrected chi connectivity index (χ2v) is 5.48. The summed E-state index contributed by atoms with van der Waals surface area (Å²) in [7, 11) is 4.04. The molecule has 2 fully saturated rings. The van der Waals surface area contributed by atoms with Gasteiger partial charge in [0.05, 0.1) is 6.10 Å². The first kappa shape index (κ1) is 13.3. The molecule has 100 valence electrons. The SMILES string of the molecule is COC1CNC(CN(C)CC2CCOCC2)C1. The minimum absolute atomic E-state index is 0.413. The van der Waals surface area contributed by atoms with E-state index >= 15 is 0 Å². The maximum Gasteiger partial charge on any atom is 0.0711 e. The molecule has 2 saturated heterocycles. The first-order valence-electron chi connectivity index (χ1n) is 6.80. The molecule has 0 aliphatic carbocycles. The van der Waals surface area contributed by atoms with Gasteiger partial charge in [-0.25, -0.2) is 0 Å². The maximum absolute atomic E-state index is 5.40. The van der Waals surface area contributed by atoms with Gasteiger partial charge < -0.3 is 19.7 Å². The highest BCUT2D eigenvalue weighted by Gasteiger charge is 2.25. The monoisotopic (exact) mass is 242 g/mol. The third kappa shape index (κ3) is 4.21. The van der Waals surface area contributed by atoms with Crippen LogP contribution >= 0.6 is 0 Å². The van der Waals surface area contributed by atoms with Crippen LogP contribution in [0.15, 0.2) is 0 Å². The number of hydrogen-bond donors (Lipinski definition) is 1. The number of methoxy groups -OCH3 is 1. The van der Waals surface area contributed by atoms with Crippen LogP contribution < -0.4 is 5.32 Å². The molecule has 0 spiro atoms. The Morgan fingerprint density at radius 2 is 2.06 bits per heavy atom. The number of nitrogens with one attached hydrogen (secondary N) is 1. The molecule has 0 aromatic rings. The summed E-state index contributed by atoms with van der Waals surface area (Å²) in [5.41, 5.74) is 0. The van der Waals surface area contributed by atoms with Crippen molar-refractivity contribution in [2.75, 3.05) is 47.0 Å². The molecule has 2 aliphatic heterocycles. The Labute approximate surface area is 105 Å². The van der Waals surface area contributed by atoms with Crippen LogP contribution in [0.5, 0.6) is 0 Å². The highest BCUT2D eigenvalue weighted by Crippen LogP contribution is 2.17. The first-order chi connectivity index (χ1) is 8.28. The minimum atomic E-state index is 0.413. The lowest BCUT2D eigenvalue weighted by molar-refractivity contribution is 0.0546. The first-order valence-corrected chi connectivity index (χ1v) is 6.80. The minimum Gasteiger partial charge on any atom is -0.381 e. The molecule has 4 heteroatoms. The van der Waals surface area contributed by atoms with Crippen molar-refractivity contribution in [2.45, 2.75) is 31.4 Å². The molecule has 2 unspecified atom stereocenters. The number of nitrogens with zero attached hydrogens (tertiary/aromatic N) is 1. The fraction of sp³-hybridized carbons (Fsp3) is 1.00. The molecule has 0 aromatic carbocycles. The Hall–Kier alpha value is -0.160. The van der Waals surface area contributed by atoms with Crippen molar-refractivity contribution in [1.82, 2.24) is 10.2 Å². The summed E-state index contributed by atoms with van der Waals surface area (Å²) in [4.78, 5) is 2.46. The van der Waals surface area contributed by atoms with Crippen molar-refractivity contribution in [2.24, 2.45) is 5.92 Å². The quantitative estimate of drug-likeness (QED) is 0.770. The maximum atomic E-state index is 5.40. The van der Waals surface area contributed by atoms with E-state index in [1.807, 2.05) is 0 Å². The molecule has 17 heavy (non-hydrogen) atoms. The number of hydrogen-bond acceptors (Lipinski definition) is 4. The average molecular weight is 242 g/mol. The van der Waals surface area contributed by atoms with Crippen LogP contribution in [0.2, 0.25) is 0 Å². The predicted molar refractivity (Wildman–Crippen MR) is 68.2 cm³/mol. The fourth-order valence-corrected chi connectivity index (χ4v) is 2.92. The molecule has 0 amide bonds. The van der Waals surface area contributed by atoms with Gasteiger partial charge in [-0.1, -0.05) is 0 Å². The number of likely N-dealkylation sites (N-methyl/N-ethyl adjacent to an activating group) is 1. The van der Waals surface area contributed by atoms with Gasteiger partial charge in [-0.05, 0) is 32.2 Å². The van der Waals surface area contributed by atoms with Crippen molar-refractivity contribution >= 4 is 0 Å². The average Bonchev–Trinajstić information content (AvgIpc) is 2.78. The van der Waals surface area contributed by atoms with E-state index < -0.39 is 0 Å². The van der Waals surface area contributed by atoms with Crippen LogP contribution in [0.25, 0.3) is 0 Å². The van der Waals surface area contributed by atoms with Crippen LogP contribution in [0, 0.1) is 5.92 Å². The Morgan fingerprint density at radius 1 is 1.29 bits per heavy atom. The van der Waals surface area contributed by atoms with Gasteiger partial charge in [0, 0.05) is 46.0 Å². The summed E-state index contributed by atoms with van der Waals surface area (Å²) in [5.74, 6) is 0.827. The Balaban J connectivity index is 1.64. The molecule has 2 aliphatic rings. The number of rotatable bonds is 5. The summed E-state index contributed by atoms with van der Waals surface area (Å²) in [6.07, 6.45) is 4.01. The van der Waals surface area contributed by atoms with Gasteiger partial charge >= 0.3 is 0 Å². The molecule has 2 heterocycles. The van der Waals surface area contributed by atoms with E-state index in [1.165, 1.54) is 19.4 Å². The Kier molecular flexibility index (Phi) is 5.22. The van der Waals surface area contributed by atoms with Crippen molar-refractivity contribution in [3.63, 3.8) is 0 Å². The molecule has 0 radical (unpaired) electrons.